The summed E-state index contributed by atoms with van der Waals surface area (Å²) >= 11 is 1.66. The SMILES string of the molecule is COC(=O)C(C)(CCCSc1cnccn1)NC1CC1. The molecule has 0 saturated heterocycles. The first-order valence-corrected chi connectivity index (χ1v) is 7.87. The van der Waals surface area contributed by atoms with Gasteiger partial charge in [0.2, 0.25) is 0 Å². The normalized spacial score (nSPS) is 17.5. The highest BCUT2D eigenvalue weighted by atomic mass is 32.2. The van der Waals surface area contributed by atoms with Crippen molar-refractivity contribution in [1.82, 2.24) is 15.3 Å². The van der Waals surface area contributed by atoms with Crippen LogP contribution in [0.2, 0.25) is 0 Å². The number of carbonyl (C=O) groups is 1. The molecular weight excluding hydrogens is 274 g/mol. The van der Waals surface area contributed by atoms with Gasteiger partial charge in [-0.05, 0) is 38.4 Å². The Morgan fingerprint density at radius 1 is 1.55 bits per heavy atom. The molecule has 1 fully saturated rings. The fourth-order valence-electron chi connectivity index (χ4n) is 2.10. The Morgan fingerprint density at radius 3 is 2.95 bits per heavy atom. The molecular formula is C14H21N3O2S. The summed E-state index contributed by atoms with van der Waals surface area (Å²) in [6.45, 7) is 1.93. The third kappa shape index (κ3) is 4.45. The molecule has 1 N–H and O–H groups in total. The zero-order valence-electron chi connectivity index (χ0n) is 12.0. The number of ether oxygens (including phenoxy) is 1. The van der Waals surface area contributed by atoms with Crippen LogP contribution in [0.4, 0.5) is 0 Å². The molecule has 0 radical (unpaired) electrons. The Morgan fingerprint density at radius 2 is 2.35 bits per heavy atom. The summed E-state index contributed by atoms with van der Waals surface area (Å²) in [5.41, 5.74) is -0.571. The molecule has 0 aromatic carbocycles. The maximum absolute atomic E-state index is 11.9. The minimum absolute atomic E-state index is 0.172. The van der Waals surface area contributed by atoms with Gasteiger partial charge in [0.05, 0.1) is 13.3 Å². The summed E-state index contributed by atoms with van der Waals surface area (Å²) in [7, 11) is 1.45. The van der Waals surface area contributed by atoms with Gasteiger partial charge in [0.15, 0.2) is 0 Å². The van der Waals surface area contributed by atoms with Crippen LogP contribution in [0.5, 0.6) is 0 Å². The van der Waals surface area contributed by atoms with Crippen molar-refractivity contribution in [3.05, 3.63) is 18.6 Å². The largest absolute Gasteiger partial charge is 0.468 e. The van der Waals surface area contributed by atoms with E-state index in [9.17, 15) is 4.79 Å². The van der Waals surface area contributed by atoms with Crippen molar-refractivity contribution >= 4 is 17.7 Å². The van der Waals surface area contributed by atoms with Gasteiger partial charge >= 0.3 is 5.97 Å². The molecule has 1 unspecified atom stereocenters. The van der Waals surface area contributed by atoms with Crippen LogP contribution < -0.4 is 5.32 Å². The molecule has 6 heteroatoms. The zero-order chi connectivity index (χ0) is 14.4. The number of methoxy groups -OCH3 is 1. The molecule has 0 aliphatic heterocycles. The van der Waals surface area contributed by atoms with E-state index in [2.05, 4.69) is 15.3 Å². The van der Waals surface area contributed by atoms with Crippen LogP contribution in [0.25, 0.3) is 0 Å². The van der Waals surface area contributed by atoms with Crippen molar-refractivity contribution < 1.29 is 9.53 Å². The number of thioether (sulfide) groups is 1. The van der Waals surface area contributed by atoms with E-state index in [0.29, 0.717) is 6.04 Å². The summed E-state index contributed by atoms with van der Waals surface area (Å²) in [5, 5.41) is 4.32. The van der Waals surface area contributed by atoms with E-state index in [0.717, 1.165) is 36.5 Å². The summed E-state index contributed by atoms with van der Waals surface area (Å²) in [6, 6.07) is 0.478. The number of rotatable bonds is 8. The van der Waals surface area contributed by atoms with E-state index < -0.39 is 5.54 Å². The molecule has 0 bridgehead atoms. The molecule has 1 atom stereocenters. The smallest absolute Gasteiger partial charge is 0.325 e. The van der Waals surface area contributed by atoms with Crippen LogP contribution in [0, 0.1) is 0 Å². The molecule has 1 heterocycles. The van der Waals surface area contributed by atoms with Crippen LogP contribution in [0.1, 0.15) is 32.6 Å². The molecule has 1 aromatic heterocycles. The first-order chi connectivity index (χ1) is 9.64. The minimum atomic E-state index is -0.571. The van der Waals surface area contributed by atoms with Gasteiger partial charge in [-0.2, -0.15) is 0 Å². The Bertz CT molecular complexity index is 439. The van der Waals surface area contributed by atoms with Crippen LogP contribution in [0.3, 0.4) is 0 Å². The summed E-state index contributed by atoms with van der Waals surface area (Å²) in [4.78, 5) is 20.2. The average molecular weight is 295 g/mol. The fourth-order valence-corrected chi connectivity index (χ4v) is 2.87. The fraction of sp³-hybridized carbons (Fsp3) is 0.643. The third-order valence-electron chi connectivity index (χ3n) is 3.35. The van der Waals surface area contributed by atoms with Gasteiger partial charge in [-0.15, -0.1) is 11.8 Å². The predicted molar refractivity (Wildman–Crippen MR) is 78.6 cm³/mol. The molecule has 2 rings (SSSR count). The van der Waals surface area contributed by atoms with Gasteiger partial charge in [0.1, 0.15) is 10.6 Å². The Balaban J connectivity index is 1.78. The lowest BCUT2D eigenvalue weighted by Crippen LogP contribution is -2.51. The second kappa shape index (κ2) is 7.04. The molecule has 0 amide bonds. The van der Waals surface area contributed by atoms with Gasteiger partial charge in [0.25, 0.3) is 0 Å². The monoisotopic (exact) mass is 295 g/mol. The van der Waals surface area contributed by atoms with Crippen molar-refractivity contribution in [2.45, 2.75) is 49.2 Å². The van der Waals surface area contributed by atoms with Crippen molar-refractivity contribution in [1.29, 1.82) is 0 Å². The lowest BCUT2D eigenvalue weighted by Gasteiger charge is -2.28. The molecule has 1 saturated carbocycles. The molecule has 1 aliphatic carbocycles. The number of carbonyl (C=O) groups excluding carboxylic acids is 1. The van der Waals surface area contributed by atoms with Crippen LogP contribution in [-0.4, -0.2) is 40.4 Å². The van der Waals surface area contributed by atoms with Crippen LogP contribution in [0.15, 0.2) is 23.6 Å². The highest BCUT2D eigenvalue weighted by molar-refractivity contribution is 7.99. The van der Waals surface area contributed by atoms with E-state index >= 15 is 0 Å². The van der Waals surface area contributed by atoms with Crippen molar-refractivity contribution in [2.75, 3.05) is 12.9 Å². The molecule has 20 heavy (non-hydrogen) atoms. The van der Waals surface area contributed by atoms with Crippen LogP contribution in [-0.2, 0) is 9.53 Å². The van der Waals surface area contributed by atoms with Crippen LogP contribution >= 0.6 is 11.8 Å². The van der Waals surface area contributed by atoms with Crippen molar-refractivity contribution in [2.24, 2.45) is 0 Å². The third-order valence-corrected chi connectivity index (χ3v) is 4.35. The van der Waals surface area contributed by atoms with E-state index in [-0.39, 0.29) is 5.97 Å². The Labute approximate surface area is 123 Å². The maximum Gasteiger partial charge on any atom is 0.325 e. The maximum atomic E-state index is 11.9. The highest BCUT2D eigenvalue weighted by Gasteiger charge is 2.38. The lowest BCUT2D eigenvalue weighted by molar-refractivity contribution is -0.148. The van der Waals surface area contributed by atoms with E-state index in [1.165, 1.54) is 7.11 Å². The molecule has 1 aliphatic rings. The topological polar surface area (TPSA) is 64.1 Å². The molecule has 1 aromatic rings. The molecule has 5 nitrogen and oxygen atoms in total. The number of hydrogen-bond donors (Lipinski definition) is 1. The first-order valence-electron chi connectivity index (χ1n) is 6.89. The zero-order valence-corrected chi connectivity index (χ0v) is 12.8. The lowest BCUT2D eigenvalue weighted by atomic mass is 9.96. The predicted octanol–water partition coefficient (Wildman–Crippen LogP) is 2.03. The minimum Gasteiger partial charge on any atom is -0.468 e. The standard InChI is InChI=1S/C14H21N3O2S/c1-14(13(18)19-2,17-11-4-5-11)6-3-9-20-12-10-15-7-8-16-12/h7-8,10-11,17H,3-6,9H2,1-2H3. The summed E-state index contributed by atoms with van der Waals surface area (Å²) in [6.07, 6.45) is 9.11. The molecule has 110 valence electrons. The van der Waals surface area contributed by atoms with Gasteiger partial charge in [-0.3, -0.25) is 15.1 Å². The summed E-state index contributed by atoms with van der Waals surface area (Å²) in [5.74, 6) is 0.742. The second-order valence-corrected chi connectivity index (χ2v) is 6.35. The number of nitrogens with one attached hydrogen (secondary N) is 1. The van der Waals surface area contributed by atoms with Gasteiger partial charge in [-0.25, -0.2) is 4.98 Å². The number of aromatic nitrogens is 2. The van der Waals surface area contributed by atoms with E-state index in [1.807, 2.05) is 6.92 Å². The van der Waals surface area contributed by atoms with E-state index in [4.69, 9.17) is 4.74 Å². The van der Waals surface area contributed by atoms with E-state index in [1.54, 1.807) is 30.4 Å². The number of nitrogens with zero attached hydrogens (tertiary/aromatic N) is 2. The second-order valence-electron chi connectivity index (χ2n) is 5.24. The quantitative estimate of drug-likeness (QED) is 0.450. The Kier molecular flexibility index (Phi) is 5.37. The van der Waals surface area contributed by atoms with Crippen molar-refractivity contribution in [3.8, 4) is 0 Å². The van der Waals surface area contributed by atoms with Gasteiger partial charge in [-0.1, -0.05) is 0 Å². The number of hydrogen-bond acceptors (Lipinski definition) is 6. The van der Waals surface area contributed by atoms with Crippen molar-refractivity contribution in [3.63, 3.8) is 0 Å². The van der Waals surface area contributed by atoms with Gasteiger partial charge < -0.3 is 4.74 Å². The molecule has 0 spiro atoms. The highest BCUT2D eigenvalue weighted by Crippen LogP contribution is 2.26. The number of esters is 1. The average Bonchev–Trinajstić information content (AvgIpc) is 3.27. The first kappa shape index (κ1) is 15.3. The van der Waals surface area contributed by atoms with Gasteiger partial charge in [0, 0.05) is 18.4 Å². The summed E-state index contributed by atoms with van der Waals surface area (Å²) < 4.78 is 4.93. The Hall–Kier alpha value is -1.14.